The molecule has 12 aromatic carbocycles. The van der Waals surface area contributed by atoms with Crippen molar-refractivity contribution < 1.29 is 0 Å². The maximum absolute atomic E-state index is 5.81. The Morgan fingerprint density at radius 3 is 0.932 bits per heavy atom. The fourth-order valence-electron chi connectivity index (χ4n) is 11.7. The highest BCUT2D eigenvalue weighted by Gasteiger charge is 2.25. The van der Waals surface area contributed by atoms with Gasteiger partial charge in [0.05, 0.1) is 56.4 Å². The number of hydrogen-bond donors (Lipinski definition) is 0. The minimum atomic E-state index is 0.789. The summed E-state index contributed by atoms with van der Waals surface area (Å²) in [6.07, 6.45) is 2.01. The molecule has 0 atom stereocenters. The van der Waals surface area contributed by atoms with Crippen molar-refractivity contribution in [1.29, 1.82) is 0 Å². The van der Waals surface area contributed by atoms with Gasteiger partial charge in [0.1, 0.15) is 0 Å². The van der Waals surface area contributed by atoms with Crippen LogP contribution < -0.4 is 0 Å². The molecule has 74 heavy (non-hydrogen) atoms. The lowest BCUT2D eigenvalue weighted by Crippen LogP contribution is -2.05. The highest BCUT2D eigenvalue weighted by Crippen LogP contribution is 2.45. The van der Waals surface area contributed by atoms with Crippen molar-refractivity contribution >= 4 is 76.2 Å². The van der Waals surface area contributed by atoms with E-state index in [0.717, 1.165) is 71.9 Å². The average Bonchev–Trinajstić information content (AvgIpc) is 3.99. The van der Waals surface area contributed by atoms with Gasteiger partial charge in [-0.25, -0.2) is 4.98 Å². The van der Waals surface area contributed by atoms with Crippen molar-refractivity contribution in [2.24, 2.45) is 0 Å². The van der Waals surface area contributed by atoms with Crippen LogP contribution in [0.25, 0.3) is 143 Å². The van der Waals surface area contributed by atoms with Gasteiger partial charge in [0.15, 0.2) is 0 Å². The van der Waals surface area contributed by atoms with Crippen LogP contribution in [0.4, 0.5) is 0 Å². The summed E-state index contributed by atoms with van der Waals surface area (Å²) in [4.78, 5) is 11.2. The maximum atomic E-state index is 5.81. The van der Waals surface area contributed by atoms with E-state index in [4.69, 9.17) is 9.97 Å². The zero-order valence-electron chi connectivity index (χ0n) is 40.2. The second-order valence-corrected chi connectivity index (χ2v) is 19.3. The van der Waals surface area contributed by atoms with Crippen LogP contribution in [0.3, 0.4) is 0 Å². The molecule has 0 N–H and O–H groups in total. The molecule has 3 aromatic heterocycles. The van der Waals surface area contributed by atoms with Crippen molar-refractivity contribution in [3.8, 4) is 67.1 Å². The molecular weight excluding hydrogens is 897 g/mol. The minimum Gasteiger partial charge on any atom is -0.308 e. The fourth-order valence-corrected chi connectivity index (χ4v) is 11.7. The molecule has 344 valence electrons. The molecule has 4 heteroatoms. The zero-order chi connectivity index (χ0) is 48.7. The van der Waals surface area contributed by atoms with Gasteiger partial charge in [-0.05, 0) is 116 Å². The number of nitrogens with zero attached hydrogens (tertiary/aromatic N) is 4. The Labute approximate surface area is 427 Å². The molecule has 0 aliphatic heterocycles. The summed E-state index contributed by atoms with van der Waals surface area (Å²) in [5.41, 5.74) is 19.4. The van der Waals surface area contributed by atoms with E-state index in [1.807, 2.05) is 6.20 Å². The highest BCUT2D eigenvalue weighted by molar-refractivity contribution is 6.23. The Kier molecular flexibility index (Phi) is 9.54. The van der Waals surface area contributed by atoms with Gasteiger partial charge in [-0.1, -0.05) is 200 Å². The van der Waals surface area contributed by atoms with E-state index in [9.17, 15) is 0 Å². The van der Waals surface area contributed by atoms with Gasteiger partial charge in [-0.2, -0.15) is 0 Å². The first kappa shape index (κ1) is 41.8. The topological polar surface area (TPSA) is 35.6 Å². The van der Waals surface area contributed by atoms with Crippen molar-refractivity contribution in [2.75, 3.05) is 0 Å². The molecule has 0 saturated carbocycles. The first-order chi connectivity index (χ1) is 36.7. The standard InChI is InChI=1S/C70H44N4/c1-5-18-45(19-6-1)49-32-36-62-57(40-49)58-41-50(46-20-7-2-8-21-46)33-37-63(58)73(62)66-30-17-31-67(68(66)61-44-71-69-55-28-15-13-26-53(55)54-27-14-16-29-56(54)70(69)72-61)74-64-38-34-51(47-22-9-3-10-23-47)42-59(64)60-43-52(35-39-65(60)74)48-24-11-4-12-25-48/h1-44H. The van der Waals surface area contributed by atoms with E-state index < -0.39 is 0 Å². The molecular formula is C70H44N4. The molecule has 0 bridgehead atoms. The minimum absolute atomic E-state index is 0.789. The van der Waals surface area contributed by atoms with Crippen LogP contribution in [-0.2, 0) is 0 Å². The molecule has 0 aliphatic carbocycles. The molecule has 15 rings (SSSR count). The summed E-state index contributed by atoms with van der Waals surface area (Å²) in [5, 5.41) is 9.20. The van der Waals surface area contributed by atoms with Crippen molar-refractivity contribution in [1.82, 2.24) is 19.1 Å². The molecule has 0 fully saturated rings. The van der Waals surface area contributed by atoms with Crippen molar-refractivity contribution in [3.63, 3.8) is 0 Å². The first-order valence-corrected chi connectivity index (χ1v) is 25.3. The normalized spacial score (nSPS) is 11.8. The average molecular weight is 941 g/mol. The van der Waals surface area contributed by atoms with E-state index >= 15 is 0 Å². The predicted octanol–water partition coefficient (Wildman–Crippen LogP) is 18.5. The lowest BCUT2D eigenvalue weighted by molar-refractivity contribution is 1.13. The molecule has 3 heterocycles. The molecule has 0 radical (unpaired) electrons. The number of benzene rings is 12. The van der Waals surface area contributed by atoms with Gasteiger partial charge in [0.2, 0.25) is 0 Å². The van der Waals surface area contributed by atoms with Crippen LogP contribution in [0.5, 0.6) is 0 Å². The van der Waals surface area contributed by atoms with E-state index in [1.165, 1.54) is 71.4 Å². The second kappa shape index (κ2) is 16.9. The largest absolute Gasteiger partial charge is 0.308 e. The van der Waals surface area contributed by atoms with E-state index in [1.54, 1.807) is 0 Å². The molecule has 0 unspecified atom stereocenters. The van der Waals surface area contributed by atoms with Crippen LogP contribution in [0.15, 0.2) is 267 Å². The summed E-state index contributed by atoms with van der Waals surface area (Å²) in [5.74, 6) is 0. The van der Waals surface area contributed by atoms with Crippen molar-refractivity contribution in [3.05, 3.63) is 267 Å². The third-order valence-corrected chi connectivity index (χ3v) is 15.1. The lowest BCUT2D eigenvalue weighted by Gasteiger charge is -2.20. The highest BCUT2D eigenvalue weighted by atomic mass is 15.0. The Morgan fingerprint density at radius 1 is 0.243 bits per heavy atom. The van der Waals surface area contributed by atoms with Crippen LogP contribution in [0.2, 0.25) is 0 Å². The Hall–Kier alpha value is -9.90. The Morgan fingerprint density at radius 2 is 0.568 bits per heavy atom. The number of fused-ring (bicyclic) bond motifs is 12. The number of rotatable bonds is 7. The van der Waals surface area contributed by atoms with E-state index in [2.05, 4.69) is 270 Å². The van der Waals surface area contributed by atoms with Gasteiger partial charge in [-0.3, -0.25) is 4.98 Å². The SMILES string of the molecule is c1ccc(-c2ccc3c(c2)c2cc(-c4ccccc4)ccc2n3-c2cccc(-n3c4ccc(-c5ccccc5)cc4c4cc(-c5ccccc5)ccc43)c2-c2cnc3c4ccccc4c4ccccc4c3n2)cc1. The summed E-state index contributed by atoms with van der Waals surface area (Å²) < 4.78 is 4.93. The second-order valence-electron chi connectivity index (χ2n) is 19.3. The fraction of sp³-hybridized carbons (Fsp3) is 0. The lowest BCUT2D eigenvalue weighted by atomic mass is 9.99. The first-order valence-electron chi connectivity index (χ1n) is 25.3. The zero-order valence-corrected chi connectivity index (χ0v) is 40.2. The Balaban J connectivity index is 1.07. The van der Waals surface area contributed by atoms with Crippen LogP contribution >= 0.6 is 0 Å². The monoisotopic (exact) mass is 940 g/mol. The van der Waals surface area contributed by atoms with Gasteiger partial charge in [0, 0.05) is 37.9 Å². The van der Waals surface area contributed by atoms with Gasteiger partial charge in [0.25, 0.3) is 0 Å². The predicted molar refractivity (Wildman–Crippen MR) is 310 cm³/mol. The van der Waals surface area contributed by atoms with E-state index in [-0.39, 0.29) is 0 Å². The molecule has 15 aromatic rings. The Bertz CT molecular complexity index is 4240. The summed E-state index contributed by atoms with van der Waals surface area (Å²) >= 11 is 0. The van der Waals surface area contributed by atoms with Gasteiger partial charge >= 0.3 is 0 Å². The number of aromatic nitrogens is 4. The number of hydrogen-bond acceptors (Lipinski definition) is 2. The maximum Gasteiger partial charge on any atom is 0.0979 e. The van der Waals surface area contributed by atoms with Gasteiger partial charge in [-0.15, -0.1) is 0 Å². The molecule has 0 aliphatic rings. The van der Waals surface area contributed by atoms with Crippen molar-refractivity contribution in [2.45, 2.75) is 0 Å². The molecule has 4 nitrogen and oxygen atoms in total. The quantitative estimate of drug-likeness (QED) is 0.149. The summed E-state index contributed by atoms with van der Waals surface area (Å²) in [6, 6.07) is 94.6. The molecule has 0 amide bonds. The molecule has 0 spiro atoms. The van der Waals surface area contributed by atoms with Crippen LogP contribution in [0.1, 0.15) is 0 Å². The smallest absolute Gasteiger partial charge is 0.0979 e. The molecule has 0 saturated heterocycles. The third-order valence-electron chi connectivity index (χ3n) is 15.1. The van der Waals surface area contributed by atoms with Gasteiger partial charge < -0.3 is 9.13 Å². The third kappa shape index (κ3) is 6.62. The van der Waals surface area contributed by atoms with Crippen LogP contribution in [0, 0.1) is 0 Å². The van der Waals surface area contributed by atoms with E-state index in [0.29, 0.717) is 0 Å². The van der Waals surface area contributed by atoms with Crippen LogP contribution in [-0.4, -0.2) is 19.1 Å². The summed E-state index contributed by atoms with van der Waals surface area (Å²) in [7, 11) is 0. The summed E-state index contributed by atoms with van der Waals surface area (Å²) in [6.45, 7) is 0.